The molecule has 4 aromatic carbocycles. The average Bonchev–Trinajstić information content (AvgIpc) is 3.07. The highest BCUT2D eigenvalue weighted by atomic mass is 35.5. The minimum Gasteiger partial charge on any atom is -0.462 e. The molecule has 0 amide bonds. The van der Waals surface area contributed by atoms with Gasteiger partial charge in [-0.2, -0.15) is 0 Å². The molecule has 0 spiro atoms. The smallest absolute Gasteiger partial charge is 0.423 e. The van der Waals surface area contributed by atoms with E-state index in [0.717, 1.165) is 23.3 Å². The maximum Gasteiger partial charge on any atom is 0.423 e. The van der Waals surface area contributed by atoms with Gasteiger partial charge in [0.2, 0.25) is 0 Å². The fourth-order valence-corrected chi connectivity index (χ4v) is 5.74. The molecule has 8 nitrogen and oxygen atoms in total. The van der Waals surface area contributed by atoms with Gasteiger partial charge in [0.25, 0.3) is 0 Å². The zero-order valence-electron chi connectivity index (χ0n) is 24.7. The van der Waals surface area contributed by atoms with Crippen molar-refractivity contribution in [1.82, 2.24) is 0 Å². The number of esters is 4. The summed E-state index contributed by atoms with van der Waals surface area (Å²) in [5.41, 5.74) is 1.07. The maximum atomic E-state index is 13.0. The Balaban J connectivity index is 1.47. The van der Waals surface area contributed by atoms with Gasteiger partial charge in [-0.05, 0) is 48.9 Å². The lowest BCUT2D eigenvalue weighted by atomic mass is 10.1. The van der Waals surface area contributed by atoms with Gasteiger partial charge in [-0.3, -0.25) is 0 Å². The highest BCUT2D eigenvalue weighted by molar-refractivity contribution is 6.47. The molecule has 48 heavy (non-hydrogen) atoms. The van der Waals surface area contributed by atoms with Crippen molar-refractivity contribution < 1.29 is 38.1 Å². The molecule has 0 fully saturated rings. The van der Waals surface area contributed by atoms with E-state index >= 15 is 0 Å². The summed E-state index contributed by atoms with van der Waals surface area (Å²) in [7, 11) is 0. The Hall–Kier alpha value is -3.50. The number of carbonyl (C=O) groups is 4. The van der Waals surface area contributed by atoms with Gasteiger partial charge in [0.1, 0.15) is 11.1 Å². The summed E-state index contributed by atoms with van der Waals surface area (Å²) in [5.74, 6) is -6.59. The molecule has 0 heterocycles. The monoisotopic (exact) mass is 770 g/mol. The van der Waals surface area contributed by atoms with Crippen molar-refractivity contribution in [2.24, 2.45) is 0 Å². The van der Waals surface area contributed by atoms with Crippen LogP contribution in [-0.4, -0.2) is 37.1 Å². The van der Waals surface area contributed by atoms with Crippen LogP contribution in [0.3, 0.4) is 0 Å². The predicted octanol–water partition coefficient (Wildman–Crippen LogP) is 9.70. The van der Waals surface area contributed by atoms with E-state index in [1.165, 1.54) is 0 Å². The lowest BCUT2D eigenvalue weighted by Gasteiger charge is -2.15. The lowest BCUT2D eigenvalue weighted by molar-refractivity contribution is -0.156. The van der Waals surface area contributed by atoms with Crippen LogP contribution in [0.15, 0.2) is 72.8 Å². The van der Waals surface area contributed by atoms with Gasteiger partial charge in [-0.25, -0.2) is 19.2 Å². The molecular formula is C34H24Cl6O8. The zero-order chi connectivity index (χ0) is 34.8. The van der Waals surface area contributed by atoms with Crippen LogP contribution in [0.25, 0.3) is 0 Å². The molecule has 0 saturated heterocycles. The van der Waals surface area contributed by atoms with Crippen LogP contribution >= 0.6 is 69.6 Å². The SMILES string of the molecule is O=C(Oc1c(Cl)cc(Cl)c(Cl)c1C(=O)OCCCc1ccccc1)C(=O)Oc1c(Cl)cc(Cl)c(Cl)c1C(=O)OCCCc1ccccc1. The Morgan fingerprint density at radius 2 is 0.854 bits per heavy atom. The molecule has 0 radical (unpaired) electrons. The summed E-state index contributed by atoms with van der Waals surface area (Å²) in [6, 6.07) is 21.2. The number of rotatable bonds is 12. The molecular weight excluding hydrogens is 749 g/mol. The van der Waals surface area contributed by atoms with E-state index in [1.54, 1.807) is 0 Å². The molecule has 0 unspecified atom stereocenters. The highest BCUT2D eigenvalue weighted by Crippen LogP contribution is 2.41. The van der Waals surface area contributed by atoms with E-state index in [-0.39, 0.29) is 43.3 Å². The van der Waals surface area contributed by atoms with Crippen LogP contribution in [0.4, 0.5) is 0 Å². The number of benzene rings is 4. The number of hydrogen-bond donors (Lipinski definition) is 0. The van der Waals surface area contributed by atoms with Gasteiger partial charge in [-0.15, -0.1) is 0 Å². The molecule has 0 bridgehead atoms. The number of hydrogen-bond acceptors (Lipinski definition) is 8. The molecule has 0 aliphatic heterocycles. The van der Waals surface area contributed by atoms with Crippen LogP contribution in [0.5, 0.6) is 11.5 Å². The first-order valence-electron chi connectivity index (χ1n) is 14.2. The molecule has 0 aromatic heterocycles. The number of carbonyl (C=O) groups excluding carboxylic acids is 4. The van der Waals surface area contributed by atoms with Crippen molar-refractivity contribution in [2.75, 3.05) is 13.2 Å². The summed E-state index contributed by atoms with van der Waals surface area (Å²) in [4.78, 5) is 52.0. The number of halogens is 6. The van der Waals surface area contributed by atoms with Crippen LogP contribution in [0.2, 0.25) is 30.1 Å². The van der Waals surface area contributed by atoms with Crippen LogP contribution in [0.1, 0.15) is 44.7 Å². The van der Waals surface area contributed by atoms with E-state index in [9.17, 15) is 19.2 Å². The molecule has 4 aromatic rings. The van der Waals surface area contributed by atoms with Gasteiger partial charge >= 0.3 is 23.9 Å². The summed E-state index contributed by atoms with van der Waals surface area (Å²) in [5, 5.41) is -1.64. The Bertz CT molecular complexity index is 1680. The molecule has 0 N–H and O–H groups in total. The molecule has 250 valence electrons. The fourth-order valence-electron chi connectivity index (χ4n) is 4.31. The van der Waals surface area contributed by atoms with Gasteiger partial charge in [0, 0.05) is 0 Å². The number of ether oxygens (including phenoxy) is 4. The van der Waals surface area contributed by atoms with Crippen molar-refractivity contribution in [2.45, 2.75) is 25.7 Å². The van der Waals surface area contributed by atoms with Crippen molar-refractivity contribution in [3.8, 4) is 11.5 Å². The van der Waals surface area contributed by atoms with Crippen molar-refractivity contribution in [1.29, 1.82) is 0 Å². The normalized spacial score (nSPS) is 10.7. The van der Waals surface area contributed by atoms with Crippen molar-refractivity contribution in [3.05, 3.63) is 125 Å². The lowest BCUT2D eigenvalue weighted by Crippen LogP contribution is -2.27. The van der Waals surface area contributed by atoms with Crippen molar-refractivity contribution in [3.63, 3.8) is 0 Å². The molecule has 14 heteroatoms. The average molecular weight is 773 g/mol. The standard InChI is InChI=1S/C34H24Cl6O8/c35-21-17-23(37)29(25(27(21)39)31(41)45-15-7-13-19-9-3-1-4-10-19)47-33(43)34(44)48-30-24(38)18-22(36)28(40)26(30)32(42)46-16-8-14-20-11-5-2-6-12-20/h1-6,9-12,17-18H,7-8,13-16H2. The van der Waals surface area contributed by atoms with Crippen LogP contribution < -0.4 is 9.47 Å². The number of aryl methyl sites for hydroxylation is 2. The van der Waals surface area contributed by atoms with Gasteiger partial charge in [0.15, 0.2) is 11.5 Å². The van der Waals surface area contributed by atoms with Crippen LogP contribution in [-0.2, 0) is 31.9 Å². The maximum absolute atomic E-state index is 13.0. The second-order valence-corrected chi connectivity index (χ2v) is 12.3. The Morgan fingerprint density at radius 1 is 0.500 bits per heavy atom. The second kappa shape index (κ2) is 17.8. The topological polar surface area (TPSA) is 105 Å². The van der Waals surface area contributed by atoms with Gasteiger partial charge < -0.3 is 18.9 Å². The minimum atomic E-state index is -1.67. The minimum absolute atomic E-state index is 0.0232. The molecule has 0 saturated carbocycles. The van der Waals surface area contributed by atoms with E-state index in [2.05, 4.69) is 0 Å². The third-order valence-corrected chi connectivity index (χ3v) is 8.73. The quantitative estimate of drug-likeness (QED) is 0.0461. The summed E-state index contributed by atoms with van der Waals surface area (Å²) in [6.07, 6.45) is 2.16. The zero-order valence-corrected chi connectivity index (χ0v) is 29.2. The third kappa shape index (κ3) is 9.78. The summed E-state index contributed by atoms with van der Waals surface area (Å²) >= 11 is 37.2. The Kier molecular flexibility index (Phi) is 13.8. The molecule has 0 aliphatic carbocycles. The molecule has 0 atom stereocenters. The molecule has 0 aliphatic rings. The van der Waals surface area contributed by atoms with E-state index < -0.39 is 46.5 Å². The van der Waals surface area contributed by atoms with Crippen LogP contribution in [0, 0.1) is 0 Å². The summed E-state index contributed by atoms with van der Waals surface area (Å²) in [6.45, 7) is -0.0465. The van der Waals surface area contributed by atoms with Crippen molar-refractivity contribution >= 4 is 93.5 Å². The van der Waals surface area contributed by atoms with E-state index in [4.69, 9.17) is 88.6 Å². The fraction of sp³-hybridized carbons (Fsp3) is 0.176. The Morgan fingerprint density at radius 3 is 1.21 bits per heavy atom. The largest absolute Gasteiger partial charge is 0.462 e. The first-order chi connectivity index (χ1) is 23.0. The van der Waals surface area contributed by atoms with E-state index in [0.29, 0.717) is 25.7 Å². The Labute approximate surface area is 305 Å². The van der Waals surface area contributed by atoms with Gasteiger partial charge in [-0.1, -0.05) is 130 Å². The van der Waals surface area contributed by atoms with E-state index in [1.807, 2.05) is 60.7 Å². The van der Waals surface area contributed by atoms with Gasteiger partial charge in [0.05, 0.1) is 43.3 Å². The first kappa shape index (κ1) is 37.3. The summed E-state index contributed by atoms with van der Waals surface area (Å²) < 4.78 is 20.9. The first-order valence-corrected chi connectivity index (χ1v) is 16.5. The molecule has 4 rings (SSSR count). The highest BCUT2D eigenvalue weighted by Gasteiger charge is 2.32. The third-order valence-electron chi connectivity index (χ3n) is 6.59. The predicted molar refractivity (Wildman–Crippen MR) is 184 cm³/mol. The second-order valence-electron chi connectivity index (χ2n) is 9.95.